The Hall–Kier alpha value is -0.570. The molecule has 3 nitrogen and oxygen atoms in total. The maximum atomic E-state index is 10.8. The van der Waals surface area contributed by atoms with Crippen LogP contribution in [-0.4, -0.2) is 23.7 Å². The molecule has 0 aromatic carbocycles. The third-order valence-electron chi connectivity index (χ3n) is 3.48. The van der Waals surface area contributed by atoms with Crippen LogP contribution in [0.5, 0.6) is 0 Å². The van der Waals surface area contributed by atoms with Crippen molar-refractivity contribution in [3.63, 3.8) is 0 Å². The number of rotatable bonds is 3. The van der Waals surface area contributed by atoms with Crippen LogP contribution in [0.4, 0.5) is 0 Å². The molecule has 0 spiro atoms. The molecule has 0 saturated carbocycles. The van der Waals surface area contributed by atoms with Crippen molar-refractivity contribution in [2.45, 2.75) is 45.6 Å². The Labute approximate surface area is 79.5 Å². The van der Waals surface area contributed by atoms with Crippen LogP contribution in [-0.2, 0) is 4.79 Å². The van der Waals surface area contributed by atoms with E-state index >= 15 is 0 Å². The number of nitrogens with one attached hydrogen (secondary N) is 1. The van der Waals surface area contributed by atoms with Gasteiger partial charge < -0.3 is 10.4 Å². The van der Waals surface area contributed by atoms with E-state index in [9.17, 15) is 4.79 Å². The van der Waals surface area contributed by atoms with Gasteiger partial charge in [-0.1, -0.05) is 26.7 Å². The second-order valence-corrected chi connectivity index (χ2v) is 4.01. The number of hydrogen-bond acceptors (Lipinski definition) is 2. The predicted molar refractivity (Wildman–Crippen MR) is 51.7 cm³/mol. The lowest BCUT2D eigenvalue weighted by atomic mass is 9.72. The minimum absolute atomic E-state index is 0.272. The molecular weight excluding hydrogens is 166 g/mol. The number of carboxylic acids is 1. The summed E-state index contributed by atoms with van der Waals surface area (Å²) >= 11 is 0. The van der Waals surface area contributed by atoms with Crippen LogP contribution in [0.3, 0.4) is 0 Å². The summed E-state index contributed by atoms with van der Waals surface area (Å²) in [6.45, 7) is 5.17. The molecular formula is C10H19NO2. The molecule has 1 atom stereocenters. The third-order valence-corrected chi connectivity index (χ3v) is 3.48. The maximum Gasteiger partial charge on any atom is 0.320 e. The number of aliphatic carboxylic acids is 1. The normalized spacial score (nSPS) is 27.1. The Bertz CT molecular complexity index is 187. The van der Waals surface area contributed by atoms with Crippen LogP contribution in [0.15, 0.2) is 0 Å². The second-order valence-electron chi connectivity index (χ2n) is 4.01. The van der Waals surface area contributed by atoms with Crippen molar-refractivity contribution in [1.82, 2.24) is 5.32 Å². The van der Waals surface area contributed by atoms with Gasteiger partial charge in [-0.15, -0.1) is 0 Å². The van der Waals surface area contributed by atoms with E-state index in [-0.39, 0.29) is 11.5 Å². The van der Waals surface area contributed by atoms with E-state index in [1.165, 1.54) is 0 Å². The summed E-state index contributed by atoms with van der Waals surface area (Å²) in [6, 6.07) is -0.325. The Balaban J connectivity index is 2.63. The van der Waals surface area contributed by atoms with Crippen LogP contribution >= 0.6 is 0 Å². The van der Waals surface area contributed by atoms with Gasteiger partial charge in [0.1, 0.15) is 6.04 Å². The van der Waals surface area contributed by atoms with Gasteiger partial charge in [0.25, 0.3) is 0 Å². The van der Waals surface area contributed by atoms with Crippen molar-refractivity contribution in [2.75, 3.05) is 6.54 Å². The number of carboxylic acid groups (broad SMARTS) is 1. The molecule has 0 aromatic rings. The maximum absolute atomic E-state index is 10.8. The Kier molecular flexibility index (Phi) is 3.31. The summed E-state index contributed by atoms with van der Waals surface area (Å²) in [7, 11) is 0. The molecule has 13 heavy (non-hydrogen) atoms. The number of carbonyl (C=O) groups is 1. The molecule has 0 bridgehead atoms. The highest BCUT2D eigenvalue weighted by Gasteiger charge is 2.35. The van der Waals surface area contributed by atoms with Crippen LogP contribution in [0.1, 0.15) is 39.5 Å². The molecule has 2 N–H and O–H groups in total. The lowest BCUT2D eigenvalue weighted by Gasteiger charge is -2.39. The van der Waals surface area contributed by atoms with Crippen molar-refractivity contribution < 1.29 is 9.90 Å². The fraction of sp³-hybridized carbons (Fsp3) is 0.900. The van der Waals surface area contributed by atoms with Gasteiger partial charge in [-0.05, 0) is 24.8 Å². The van der Waals surface area contributed by atoms with E-state index in [0.29, 0.717) is 0 Å². The van der Waals surface area contributed by atoms with Crippen LogP contribution in [0.25, 0.3) is 0 Å². The van der Waals surface area contributed by atoms with Crippen LogP contribution < -0.4 is 5.32 Å². The Morgan fingerprint density at radius 1 is 1.54 bits per heavy atom. The quantitative estimate of drug-likeness (QED) is 0.702. The molecule has 0 aromatic heterocycles. The molecule has 1 unspecified atom stereocenters. The van der Waals surface area contributed by atoms with Crippen LogP contribution in [0.2, 0.25) is 0 Å². The smallest absolute Gasteiger partial charge is 0.320 e. The Morgan fingerprint density at radius 2 is 2.15 bits per heavy atom. The third kappa shape index (κ3) is 2.21. The first-order valence-electron chi connectivity index (χ1n) is 5.10. The van der Waals surface area contributed by atoms with Crippen molar-refractivity contribution in [2.24, 2.45) is 5.41 Å². The zero-order valence-electron chi connectivity index (χ0n) is 8.47. The fourth-order valence-electron chi connectivity index (χ4n) is 2.19. The number of hydrogen-bond donors (Lipinski definition) is 2. The van der Waals surface area contributed by atoms with Gasteiger partial charge in [0, 0.05) is 0 Å². The van der Waals surface area contributed by atoms with Gasteiger partial charge in [0.2, 0.25) is 0 Å². The SMILES string of the molecule is CCC1(CC)CCNC(C(=O)O)C1. The van der Waals surface area contributed by atoms with Crippen molar-refractivity contribution in [3.05, 3.63) is 0 Å². The molecule has 1 fully saturated rings. The van der Waals surface area contributed by atoms with Crippen molar-refractivity contribution >= 4 is 5.97 Å². The molecule has 1 rings (SSSR count). The van der Waals surface area contributed by atoms with Gasteiger partial charge in [-0.2, -0.15) is 0 Å². The summed E-state index contributed by atoms with van der Waals surface area (Å²) in [5, 5.41) is 11.9. The highest BCUT2D eigenvalue weighted by atomic mass is 16.4. The van der Waals surface area contributed by atoms with Crippen molar-refractivity contribution in [3.8, 4) is 0 Å². The highest BCUT2D eigenvalue weighted by Crippen LogP contribution is 2.37. The number of piperidine rings is 1. The average Bonchev–Trinajstić information content (AvgIpc) is 2.18. The topological polar surface area (TPSA) is 49.3 Å². The van der Waals surface area contributed by atoms with Crippen LogP contribution in [0, 0.1) is 5.41 Å². The molecule has 1 saturated heterocycles. The second kappa shape index (κ2) is 4.09. The van der Waals surface area contributed by atoms with E-state index in [2.05, 4.69) is 19.2 Å². The minimum atomic E-state index is -0.703. The predicted octanol–water partition coefficient (Wildman–Crippen LogP) is 1.63. The molecule has 1 aliphatic rings. The lowest BCUT2D eigenvalue weighted by Crippen LogP contribution is -2.47. The van der Waals surface area contributed by atoms with E-state index in [0.717, 1.165) is 32.2 Å². The zero-order valence-corrected chi connectivity index (χ0v) is 8.47. The van der Waals surface area contributed by atoms with E-state index in [1.807, 2.05) is 0 Å². The van der Waals surface area contributed by atoms with Gasteiger partial charge in [0.05, 0.1) is 0 Å². The Morgan fingerprint density at radius 3 is 2.62 bits per heavy atom. The van der Waals surface area contributed by atoms with E-state index < -0.39 is 5.97 Å². The van der Waals surface area contributed by atoms with E-state index in [1.54, 1.807) is 0 Å². The molecule has 3 heteroatoms. The first-order valence-corrected chi connectivity index (χ1v) is 5.10. The first-order chi connectivity index (χ1) is 6.13. The van der Waals surface area contributed by atoms with Gasteiger partial charge in [0.15, 0.2) is 0 Å². The van der Waals surface area contributed by atoms with E-state index in [4.69, 9.17) is 5.11 Å². The molecule has 0 amide bonds. The monoisotopic (exact) mass is 185 g/mol. The van der Waals surface area contributed by atoms with Gasteiger partial charge in [-0.25, -0.2) is 0 Å². The average molecular weight is 185 g/mol. The lowest BCUT2D eigenvalue weighted by molar-refractivity contribution is -0.141. The zero-order chi connectivity index (χ0) is 9.90. The molecule has 0 radical (unpaired) electrons. The summed E-state index contributed by atoms with van der Waals surface area (Å²) in [4.78, 5) is 10.8. The van der Waals surface area contributed by atoms with Gasteiger partial charge in [-0.3, -0.25) is 4.79 Å². The first kappa shape index (κ1) is 10.5. The standard InChI is InChI=1S/C10H19NO2/c1-3-10(4-2)5-6-11-8(7-10)9(12)13/h8,11H,3-7H2,1-2H3,(H,12,13). The summed E-state index contributed by atoms with van der Waals surface area (Å²) < 4.78 is 0. The molecule has 76 valence electrons. The summed E-state index contributed by atoms with van der Waals surface area (Å²) in [5.74, 6) is -0.703. The molecule has 1 heterocycles. The largest absolute Gasteiger partial charge is 0.480 e. The van der Waals surface area contributed by atoms with Gasteiger partial charge >= 0.3 is 5.97 Å². The molecule has 1 aliphatic heterocycles. The minimum Gasteiger partial charge on any atom is -0.480 e. The fourth-order valence-corrected chi connectivity index (χ4v) is 2.19. The molecule has 0 aliphatic carbocycles. The summed E-state index contributed by atoms with van der Waals surface area (Å²) in [6.07, 6.45) is 4.09. The van der Waals surface area contributed by atoms with Crippen molar-refractivity contribution in [1.29, 1.82) is 0 Å². The summed E-state index contributed by atoms with van der Waals surface area (Å²) in [5.41, 5.74) is 0.272. The highest BCUT2D eigenvalue weighted by molar-refractivity contribution is 5.73.